The maximum Gasteiger partial charge on any atom is 0.246 e. The number of aliphatic hydroxyl groups excluding tert-OH is 1. The topological polar surface area (TPSA) is 269 Å². The zero-order valence-electron chi connectivity index (χ0n) is 26.6. The number of carbonyl (C=O) groups excluding carboxylic acids is 7. The van der Waals surface area contributed by atoms with E-state index in [9.17, 15) is 38.7 Å². The van der Waals surface area contributed by atoms with Crippen LogP contribution in [0.15, 0.2) is 30.3 Å². The molecule has 11 N–H and O–H groups in total. The van der Waals surface area contributed by atoms with Crippen LogP contribution >= 0.6 is 11.8 Å². The van der Waals surface area contributed by atoms with Gasteiger partial charge in [0.15, 0.2) is 0 Å². The van der Waals surface area contributed by atoms with Gasteiger partial charge in [-0.1, -0.05) is 50.6 Å². The van der Waals surface area contributed by atoms with Crippen molar-refractivity contribution in [3.8, 4) is 0 Å². The summed E-state index contributed by atoms with van der Waals surface area (Å²) in [6, 6.07) is 3.41. The third-order valence-electron chi connectivity index (χ3n) is 7.65. The van der Waals surface area contributed by atoms with Gasteiger partial charge in [0.1, 0.15) is 30.2 Å². The molecular formula is C30H46N8O8S. The van der Waals surface area contributed by atoms with Crippen molar-refractivity contribution in [1.82, 2.24) is 26.2 Å². The third-order valence-corrected chi connectivity index (χ3v) is 8.76. The van der Waals surface area contributed by atoms with Crippen LogP contribution in [0.4, 0.5) is 0 Å². The molecule has 0 spiro atoms. The lowest BCUT2D eigenvalue weighted by molar-refractivity contribution is -0.142. The Bertz CT molecular complexity index is 1270. The summed E-state index contributed by atoms with van der Waals surface area (Å²) < 4.78 is 0. The van der Waals surface area contributed by atoms with Gasteiger partial charge in [0.05, 0.1) is 19.6 Å². The standard InChI is InChI=1S/C30H46N8O8S/c1-3-17(2)25(29(45)34-13-24(33)41)37-28(44)22-10-7-11-38(22)30(46)21(16-47-15-18-8-5-4-6-9-18)36-27(43)20(12-23(32)40)35-26(42)19(31)14-39/h4-6,8-9,17,19-22,25,39H,3,7,10-16,31H2,1-2H3,(H2,32,40)(H2,33,41)(H,34,45)(H,35,42)(H,36,43)(H,37,44)/t17-,19-,20-,21-,22-,25-/m0/s1. The van der Waals surface area contributed by atoms with Crippen molar-refractivity contribution in [2.45, 2.75) is 75.5 Å². The number of amides is 7. The lowest BCUT2D eigenvalue weighted by Crippen LogP contribution is -2.60. The average Bonchev–Trinajstić information content (AvgIpc) is 3.54. The number of thioether (sulfide) groups is 1. The molecule has 1 saturated heterocycles. The van der Waals surface area contributed by atoms with E-state index >= 15 is 0 Å². The maximum absolute atomic E-state index is 14.0. The largest absolute Gasteiger partial charge is 0.394 e. The number of primary amides is 2. The predicted octanol–water partition coefficient (Wildman–Crippen LogP) is -2.79. The van der Waals surface area contributed by atoms with E-state index in [1.54, 1.807) is 6.92 Å². The van der Waals surface area contributed by atoms with Crippen LogP contribution in [0.25, 0.3) is 0 Å². The summed E-state index contributed by atoms with van der Waals surface area (Å²) in [4.78, 5) is 90.3. The van der Waals surface area contributed by atoms with Gasteiger partial charge in [-0.2, -0.15) is 11.8 Å². The van der Waals surface area contributed by atoms with Crippen LogP contribution in [0.5, 0.6) is 0 Å². The van der Waals surface area contributed by atoms with Crippen molar-refractivity contribution in [3.05, 3.63) is 35.9 Å². The van der Waals surface area contributed by atoms with Crippen molar-refractivity contribution in [2.75, 3.05) is 25.4 Å². The Morgan fingerprint density at radius 2 is 1.62 bits per heavy atom. The molecular weight excluding hydrogens is 632 g/mol. The fourth-order valence-corrected chi connectivity index (χ4v) is 5.83. The number of rotatable bonds is 19. The number of aliphatic hydroxyl groups is 1. The van der Waals surface area contributed by atoms with Crippen LogP contribution in [0.2, 0.25) is 0 Å². The number of likely N-dealkylation sites (tertiary alicyclic amines) is 1. The normalized spacial score (nSPS) is 17.4. The molecule has 0 aromatic heterocycles. The molecule has 16 nitrogen and oxygen atoms in total. The highest BCUT2D eigenvalue weighted by molar-refractivity contribution is 7.98. The van der Waals surface area contributed by atoms with E-state index in [1.165, 1.54) is 16.7 Å². The first-order chi connectivity index (χ1) is 22.3. The molecule has 1 aromatic rings. The molecule has 47 heavy (non-hydrogen) atoms. The van der Waals surface area contributed by atoms with Crippen molar-refractivity contribution < 1.29 is 38.7 Å². The molecule has 1 heterocycles. The van der Waals surface area contributed by atoms with Crippen LogP contribution < -0.4 is 38.5 Å². The summed E-state index contributed by atoms with van der Waals surface area (Å²) in [5.41, 5.74) is 17.0. The zero-order chi connectivity index (χ0) is 35.1. The summed E-state index contributed by atoms with van der Waals surface area (Å²) in [5.74, 6) is -4.92. The molecule has 0 bridgehead atoms. The van der Waals surface area contributed by atoms with E-state index in [0.717, 1.165) is 5.56 Å². The molecule has 17 heteroatoms. The van der Waals surface area contributed by atoms with E-state index in [2.05, 4.69) is 21.3 Å². The van der Waals surface area contributed by atoms with Crippen molar-refractivity contribution in [1.29, 1.82) is 0 Å². The van der Waals surface area contributed by atoms with Crippen molar-refractivity contribution in [3.63, 3.8) is 0 Å². The highest BCUT2D eigenvalue weighted by Crippen LogP contribution is 2.22. The fraction of sp³-hybridized carbons (Fsp3) is 0.567. The van der Waals surface area contributed by atoms with Gasteiger partial charge < -0.3 is 48.5 Å². The molecule has 1 aliphatic rings. The van der Waals surface area contributed by atoms with Gasteiger partial charge in [-0.3, -0.25) is 33.6 Å². The number of hydrogen-bond donors (Lipinski definition) is 8. The predicted molar refractivity (Wildman–Crippen MR) is 174 cm³/mol. The quantitative estimate of drug-likeness (QED) is 0.0745. The van der Waals surface area contributed by atoms with Crippen LogP contribution in [0.1, 0.15) is 45.1 Å². The van der Waals surface area contributed by atoms with Gasteiger partial charge in [-0.15, -0.1) is 0 Å². The number of nitrogens with zero attached hydrogens (tertiary/aromatic N) is 1. The first kappa shape index (κ1) is 39.0. The third kappa shape index (κ3) is 12.5. The minimum absolute atomic E-state index is 0.0721. The lowest BCUT2D eigenvalue weighted by atomic mass is 9.97. The highest BCUT2D eigenvalue weighted by Gasteiger charge is 2.40. The second-order valence-corrected chi connectivity index (χ2v) is 12.4. The summed E-state index contributed by atoms with van der Waals surface area (Å²) in [7, 11) is 0. The highest BCUT2D eigenvalue weighted by atomic mass is 32.2. The number of benzene rings is 1. The van der Waals surface area contributed by atoms with E-state index in [1.807, 2.05) is 37.3 Å². The molecule has 2 rings (SSSR count). The van der Waals surface area contributed by atoms with E-state index in [4.69, 9.17) is 17.2 Å². The summed E-state index contributed by atoms with van der Waals surface area (Å²) in [6.45, 7) is 2.68. The first-order valence-electron chi connectivity index (χ1n) is 15.3. The molecule has 260 valence electrons. The second kappa shape index (κ2) is 19.4. The fourth-order valence-electron chi connectivity index (χ4n) is 4.83. The number of hydrogen-bond acceptors (Lipinski definition) is 10. The molecule has 0 saturated carbocycles. The Morgan fingerprint density at radius 1 is 0.957 bits per heavy atom. The average molecular weight is 679 g/mol. The number of nitrogens with one attached hydrogen (secondary N) is 4. The molecule has 0 aliphatic carbocycles. The molecule has 1 aliphatic heterocycles. The molecule has 6 atom stereocenters. The Labute approximate surface area is 277 Å². The lowest BCUT2D eigenvalue weighted by Gasteiger charge is -2.31. The molecule has 7 amide bonds. The van der Waals surface area contributed by atoms with Crippen LogP contribution in [0, 0.1) is 5.92 Å². The monoisotopic (exact) mass is 678 g/mol. The van der Waals surface area contributed by atoms with Crippen LogP contribution in [-0.4, -0.2) is 107 Å². The molecule has 1 aromatic carbocycles. The van der Waals surface area contributed by atoms with Gasteiger partial charge in [-0.25, -0.2) is 0 Å². The smallest absolute Gasteiger partial charge is 0.246 e. The van der Waals surface area contributed by atoms with Gasteiger partial charge in [0, 0.05) is 18.1 Å². The van der Waals surface area contributed by atoms with Crippen molar-refractivity contribution in [2.24, 2.45) is 23.1 Å². The van der Waals surface area contributed by atoms with Gasteiger partial charge in [-0.05, 0) is 24.3 Å². The maximum atomic E-state index is 14.0. The summed E-state index contributed by atoms with van der Waals surface area (Å²) >= 11 is 1.34. The van der Waals surface area contributed by atoms with Gasteiger partial charge >= 0.3 is 0 Å². The number of carbonyl (C=O) groups is 7. The Kier molecular flexibility index (Phi) is 16.1. The first-order valence-corrected chi connectivity index (χ1v) is 16.5. The Balaban J connectivity index is 2.29. The molecule has 0 radical (unpaired) electrons. The molecule has 0 unspecified atom stereocenters. The van der Waals surface area contributed by atoms with E-state index in [-0.39, 0.29) is 18.2 Å². The number of nitrogens with two attached hydrogens (primary N) is 3. The Morgan fingerprint density at radius 3 is 2.21 bits per heavy atom. The Hall–Kier alpha value is -4.22. The van der Waals surface area contributed by atoms with Crippen molar-refractivity contribution >= 4 is 53.1 Å². The summed E-state index contributed by atoms with van der Waals surface area (Å²) in [6.07, 6.45) is 0.701. The molecule has 1 fully saturated rings. The van der Waals surface area contributed by atoms with E-state index < -0.39 is 91.1 Å². The van der Waals surface area contributed by atoms with Gasteiger partial charge in [0.25, 0.3) is 0 Å². The minimum Gasteiger partial charge on any atom is -0.394 e. The van der Waals surface area contributed by atoms with Crippen LogP contribution in [0.3, 0.4) is 0 Å². The van der Waals surface area contributed by atoms with Crippen LogP contribution in [-0.2, 0) is 39.3 Å². The summed E-state index contributed by atoms with van der Waals surface area (Å²) in [5, 5.41) is 19.2. The minimum atomic E-state index is -1.49. The zero-order valence-corrected chi connectivity index (χ0v) is 27.4. The second-order valence-electron chi connectivity index (χ2n) is 11.3. The van der Waals surface area contributed by atoms with E-state index in [0.29, 0.717) is 25.0 Å². The van der Waals surface area contributed by atoms with Gasteiger partial charge in [0.2, 0.25) is 41.4 Å². The SMILES string of the molecule is CC[C@H](C)[C@H](NC(=O)[C@@H]1CCCN1C(=O)[C@H](CSCc1ccccc1)NC(=O)[C@H](CC(N)=O)NC(=O)[C@@H](N)CO)C(=O)NCC(N)=O.